The molecule has 1 N–H and O–H groups in total. The van der Waals surface area contributed by atoms with E-state index in [0.717, 1.165) is 13.0 Å². The fourth-order valence-corrected chi connectivity index (χ4v) is 2.38. The van der Waals surface area contributed by atoms with Crippen molar-refractivity contribution in [2.45, 2.75) is 25.8 Å². The van der Waals surface area contributed by atoms with Crippen molar-refractivity contribution in [3.8, 4) is 0 Å². The number of para-hydroxylation sites is 1. The summed E-state index contributed by atoms with van der Waals surface area (Å²) in [7, 11) is 4.26. The SMILES string of the molecule is CCc1cccc2c1NC(CN(C)C)C2. The lowest BCUT2D eigenvalue weighted by molar-refractivity contribution is 0.386. The van der Waals surface area contributed by atoms with Gasteiger partial charge in [0.2, 0.25) is 0 Å². The fourth-order valence-electron chi connectivity index (χ4n) is 2.38. The minimum atomic E-state index is 0.586. The average molecular weight is 204 g/mol. The van der Waals surface area contributed by atoms with Gasteiger partial charge in [0.25, 0.3) is 0 Å². The van der Waals surface area contributed by atoms with Crippen molar-refractivity contribution in [3.63, 3.8) is 0 Å². The molecule has 1 aromatic rings. The van der Waals surface area contributed by atoms with E-state index in [1.165, 1.54) is 23.2 Å². The molecule has 15 heavy (non-hydrogen) atoms. The van der Waals surface area contributed by atoms with E-state index in [-0.39, 0.29) is 0 Å². The van der Waals surface area contributed by atoms with Gasteiger partial charge >= 0.3 is 0 Å². The topological polar surface area (TPSA) is 15.3 Å². The van der Waals surface area contributed by atoms with Gasteiger partial charge in [-0.15, -0.1) is 0 Å². The lowest BCUT2D eigenvalue weighted by Gasteiger charge is -2.17. The first-order valence-corrected chi connectivity index (χ1v) is 5.72. The third kappa shape index (κ3) is 2.15. The van der Waals surface area contributed by atoms with Gasteiger partial charge in [0, 0.05) is 18.3 Å². The molecule has 0 radical (unpaired) electrons. The van der Waals surface area contributed by atoms with E-state index in [1.807, 2.05) is 0 Å². The first kappa shape index (κ1) is 10.5. The number of nitrogens with zero attached hydrogens (tertiary/aromatic N) is 1. The number of aryl methyl sites for hydroxylation is 1. The second-order valence-electron chi connectivity index (χ2n) is 4.61. The van der Waals surface area contributed by atoms with Crippen LogP contribution in [0.25, 0.3) is 0 Å². The molecular weight excluding hydrogens is 184 g/mol. The van der Waals surface area contributed by atoms with Crippen molar-refractivity contribution < 1.29 is 0 Å². The summed E-state index contributed by atoms with van der Waals surface area (Å²) < 4.78 is 0. The van der Waals surface area contributed by atoms with Crippen LogP contribution in [0, 0.1) is 0 Å². The average Bonchev–Trinajstić information content (AvgIpc) is 2.58. The maximum Gasteiger partial charge on any atom is 0.0429 e. The number of fused-ring (bicyclic) bond motifs is 1. The molecule has 0 saturated heterocycles. The van der Waals surface area contributed by atoms with E-state index in [4.69, 9.17) is 0 Å². The summed E-state index contributed by atoms with van der Waals surface area (Å²) in [5.41, 5.74) is 4.34. The molecule has 1 aromatic carbocycles. The molecule has 2 rings (SSSR count). The van der Waals surface area contributed by atoms with Gasteiger partial charge in [-0.3, -0.25) is 0 Å². The zero-order valence-electron chi connectivity index (χ0n) is 9.88. The first-order chi connectivity index (χ1) is 7.20. The highest BCUT2D eigenvalue weighted by Crippen LogP contribution is 2.29. The summed E-state index contributed by atoms with van der Waals surface area (Å²) in [5, 5.41) is 3.64. The van der Waals surface area contributed by atoms with Crippen LogP contribution < -0.4 is 5.32 Å². The molecule has 1 atom stereocenters. The van der Waals surface area contributed by atoms with Gasteiger partial charge in [-0.25, -0.2) is 0 Å². The van der Waals surface area contributed by atoms with E-state index in [0.29, 0.717) is 6.04 Å². The molecule has 0 amide bonds. The summed E-state index contributed by atoms with van der Waals surface area (Å²) in [6, 6.07) is 7.24. The number of hydrogen-bond acceptors (Lipinski definition) is 2. The molecule has 0 aliphatic carbocycles. The zero-order chi connectivity index (χ0) is 10.8. The molecule has 1 aliphatic rings. The molecule has 0 saturated carbocycles. The minimum absolute atomic E-state index is 0.586. The van der Waals surface area contributed by atoms with E-state index in [1.54, 1.807) is 0 Å². The van der Waals surface area contributed by atoms with Crippen LogP contribution in [0.1, 0.15) is 18.1 Å². The Morgan fingerprint density at radius 1 is 1.40 bits per heavy atom. The smallest absolute Gasteiger partial charge is 0.0429 e. The van der Waals surface area contributed by atoms with Gasteiger partial charge in [-0.05, 0) is 38.1 Å². The minimum Gasteiger partial charge on any atom is -0.380 e. The standard InChI is InChI=1S/C13H20N2/c1-4-10-6-5-7-11-8-12(9-15(2)3)14-13(10)11/h5-7,12,14H,4,8-9H2,1-3H3. The van der Waals surface area contributed by atoms with Crippen molar-refractivity contribution in [1.82, 2.24) is 4.90 Å². The summed E-state index contributed by atoms with van der Waals surface area (Å²) >= 11 is 0. The van der Waals surface area contributed by atoms with E-state index in [9.17, 15) is 0 Å². The van der Waals surface area contributed by atoms with Crippen molar-refractivity contribution in [1.29, 1.82) is 0 Å². The largest absolute Gasteiger partial charge is 0.380 e. The van der Waals surface area contributed by atoms with Gasteiger partial charge in [0.15, 0.2) is 0 Å². The predicted octanol–water partition coefficient (Wildman–Crippen LogP) is 2.15. The molecule has 2 heteroatoms. The lowest BCUT2D eigenvalue weighted by atomic mass is 10.0. The maximum absolute atomic E-state index is 3.64. The molecular formula is C13H20N2. The van der Waals surface area contributed by atoms with E-state index >= 15 is 0 Å². The Bertz CT molecular complexity index is 344. The highest BCUT2D eigenvalue weighted by molar-refractivity contribution is 5.62. The quantitative estimate of drug-likeness (QED) is 0.811. The molecule has 0 bridgehead atoms. The second-order valence-corrected chi connectivity index (χ2v) is 4.61. The molecule has 0 spiro atoms. The van der Waals surface area contributed by atoms with Crippen LogP contribution >= 0.6 is 0 Å². The third-order valence-electron chi connectivity index (χ3n) is 3.02. The van der Waals surface area contributed by atoms with Crippen LogP contribution in [0.4, 0.5) is 5.69 Å². The molecule has 0 aromatic heterocycles. The van der Waals surface area contributed by atoms with Crippen molar-refractivity contribution in [3.05, 3.63) is 29.3 Å². The van der Waals surface area contributed by atoms with Crippen LogP contribution in [0.3, 0.4) is 0 Å². The van der Waals surface area contributed by atoms with E-state index < -0.39 is 0 Å². The molecule has 82 valence electrons. The van der Waals surface area contributed by atoms with Crippen LogP contribution in [0.15, 0.2) is 18.2 Å². The van der Waals surface area contributed by atoms with Crippen LogP contribution in [0.2, 0.25) is 0 Å². The Balaban J connectivity index is 2.16. The number of anilines is 1. The zero-order valence-corrected chi connectivity index (χ0v) is 9.88. The van der Waals surface area contributed by atoms with Crippen molar-refractivity contribution in [2.24, 2.45) is 0 Å². The Morgan fingerprint density at radius 3 is 2.87 bits per heavy atom. The Morgan fingerprint density at radius 2 is 2.20 bits per heavy atom. The normalized spacial score (nSPS) is 19.1. The van der Waals surface area contributed by atoms with Gasteiger partial charge in [-0.2, -0.15) is 0 Å². The second kappa shape index (κ2) is 4.23. The van der Waals surface area contributed by atoms with Gasteiger partial charge < -0.3 is 10.2 Å². The summed E-state index contributed by atoms with van der Waals surface area (Å²) in [4.78, 5) is 2.25. The summed E-state index contributed by atoms with van der Waals surface area (Å²) in [6.07, 6.45) is 2.28. The summed E-state index contributed by atoms with van der Waals surface area (Å²) in [5.74, 6) is 0. The van der Waals surface area contributed by atoms with E-state index in [2.05, 4.69) is 49.4 Å². The number of nitrogens with one attached hydrogen (secondary N) is 1. The molecule has 1 aliphatic heterocycles. The lowest BCUT2D eigenvalue weighted by Crippen LogP contribution is -2.30. The van der Waals surface area contributed by atoms with Crippen LogP contribution in [-0.2, 0) is 12.8 Å². The molecule has 0 fully saturated rings. The highest BCUT2D eigenvalue weighted by atomic mass is 15.1. The van der Waals surface area contributed by atoms with Gasteiger partial charge in [-0.1, -0.05) is 25.1 Å². The maximum atomic E-state index is 3.64. The fraction of sp³-hybridized carbons (Fsp3) is 0.538. The van der Waals surface area contributed by atoms with Gasteiger partial charge in [0.05, 0.1) is 0 Å². The Hall–Kier alpha value is -1.02. The summed E-state index contributed by atoms with van der Waals surface area (Å²) in [6.45, 7) is 3.33. The number of benzene rings is 1. The predicted molar refractivity (Wildman–Crippen MR) is 65.5 cm³/mol. The Labute approximate surface area is 92.3 Å². The number of likely N-dealkylation sites (N-methyl/N-ethyl adjacent to an activating group) is 1. The number of rotatable bonds is 3. The Kier molecular flexibility index (Phi) is 2.96. The first-order valence-electron chi connectivity index (χ1n) is 5.72. The van der Waals surface area contributed by atoms with Gasteiger partial charge in [0.1, 0.15) is 0 Å². The monoisotopic (exact) mass is 204 g/mol. The number of hydrogen-bond donors (Lipinski definition) is 1. The molecule has 1 unspecified atom stereocenters. The third-order valence-corrected chi connectivity index (χ3v) is 3.02. The molecule has 1 heterocycles. The van der Waals surface area contributed by atoms with Crippen molar-refractivity contribution in [2.75, 3.05) is 26.0 Å². The highest BCUT2D eigenvalue weighted by Gasteiger charge is 2.22. The van der Waals surface area contributed by atoms with Crippen molar-refractivity contribution >= 4 is 5.69 Å². The molecule has 2 nitrogen and oxygen atoms in total. The van der Waals surface area contributed by atoms with Crippen LogP contribution in [-0.4, -0.2) is 31.6 Å². The van der Waals surface area contributed by atoms with Crippen LogP contribution in [0.5, 0.6) is 0 Å².